The minimum atomic E-state index is -0.0303. The summed E-state index contributed by atoms with van der Waals surface area (Å²) in [6.45, 7) is 8.28. The molecular formula is C27H28N8O. The first-order chi connectivity index (χ1) is 17.4. The predicted molar refractivity (Wildman–Crippen MR) is 136 cm³/mol. The highest BCUT2D eigenvalue weighted by atomic mass is 16.5. The number of ether oxygens (including phenoxy) is 1. The minimum absolute atomic E-state index is 0.0303. The van der Waals surface area contributed by atoms with Crippen LogP contribution in [0.3, 0.4) is 0 Å². The third kappa shape index (κ3) is 5.39. The molecule has 0 unspecified atom stereocenters. The number of aromatic nitrogens is 6. The predicted octanol–water partition coefficient (Wildman–Crippen LogP) is 4.22. The van der Waals surface area contributed by atoms with E-state index < -0.39 is 0 Å². The lowest BCUT2D eigenvalue weighted by Gasteiger charge is -2.18. The van der Waals surface area contributed by atoms with Gasteiger partial charge in [0, 0.05) is 23.3 Å². The molecule has 9 heteroatoms. The Morgan fingerprint density at radius 1 is 1.06 bits per heavy atom. The Kier molecular flexibility index (Phi) is 6.44. The van der Waals surface area contributed by atoms with Crippen LogP contribution in [0.15, 0.2) is 54.7 Å². The fraction of sp³-hybridized carbons (Fsp3) is 0.333. The van der Waals surface area contributed by atoms with Crippen LogP contribution in [0.5, 0.6) is 0 Å². The minimum Gasteiger partial charge on any atom is -0.379 e. The summed E-state index contributed by atoms with van der Waals surface area (Å²) in [5.41, 5.74) is 5.30. The third-order valence-electron chi connectivity index (χ3n) is 5.98. The maximum atomic E-state index is 9.34. The molecule has 4 heterocycles. The van der Waals surface area contributed by atoms with Crippen molar-refractivity contribution in [3.63, 3.8) is 0 Å². The SMILES string of the molecule is CC(C)(C)c1cccc(Cn2cc(-c3cc(-c4cccc(C#N)c4)nc(N[C@H]4CCOC4)n3)nn2)n1. The van der Waals surface area contributed by atoms with E-state index in [0.29, 0.717) is 48.4 Å². The topological polar surface area (TPSA) is 114 Å². The van der Waals surface area contributed by atoms with Crippen molar-refractivity contribution in [3.05, 3.63) is 71.7 Å². The van der Waals surface area contributed by atoms with Gasteiger partial charge < -0.3 is 10.1 Å². The summed E-state index contributed by atoms with van der Waals surface area (Å²) in [5, 5.41) is 21.4. The Hall–Kier alpha value is -4.16. The molecule has 1 aromatic carbocycles. The van der Waals surface area contributed by atoms with Gasteiger partial charge in [0.25, 0.3) is 0 Å². The Bertz CT molecular complexity index is 1410. The molecule has 1 aliphatic rings. The van der Waals surface area contributed by atoms with Gasteiger partial charge in [0.05, 0.1) is 54.1 Å². The molecule has 3 aromatic heterocycles. The molecule has 1 N–H and O–H groups in total. The maximum Gasteiger partial charge on any atom is 0.224 e. The average molecular weight is 481 g/mol. The molecule has 0 amide bonds. The first-order valence-corrected chi connectivity index (χ1v) is 12.0. The second kappa shape index (κ2) is 9.84. The largest absolute Gasteiger partial charge is 0.379 e. The molecule has 5 rings (SSSR count). The number of benzene rings is 1. The van der Waals surface area contributed by atoms with E-state index in [1.165, 1.54) is 0 Å². The lowest BCUT2D eigenvalue weighted by atomic mass is 9.91. The monoisotopic (exact) mass is 480 g/mol. The first-order valence-electron chi connectivity index (χ1n) is 12.0. The van der Waals surface area contributed by atoms with Crippen molar-refractivity contribution in [2.45, 2.75) is 45.2 Å². The van der Waals surface area contributed by atoms with Gasteiger partial charge in [-0.3, -0.25) is 4.98 Å². The van der Waals surface area contributed by atoms with Gasteiger partial charge in [0.1, 0.15) is 5.69 Å². The summed E-state index contributed by atoms with van der Waals surface area (Å²) >= 11 is 0. The van der Waals surface area contributed by atoms with Gasteiger partial charge in [-0.1, -0.05) is 44.2 Å². The van der Waals surface area contributed by atoms with Crippen LogP contribution in [0, 0.1) is 11.3 Å². The molecule has 182 valence electrons. The van der Waals surface area contributed by atoms with E-state index >= 15 is 0 Å². The molecule has 0 saturated carbocycles. The molecule has 1 fully saturated rings. The zero-order chi connectivity index (χ0) is 25.1. The highest BCUT2D eigenvalue weighted by molar-refractivity contribution is 5.68. The van der Waals surface area contributed by atoms with Gasteiger partial charge in [-0.25, -0.2) is 14.6 Å². The molecular weight excluding hydrogens is 452 g/mol. The van der Waals surface area contributed by atoms with E-state index in [2.05, 4.69) is 42.5 Å². The molecule has 0 aliphatic carbocycles. The normalized spacial score (nSPS) is 15.6. The zero-order valence-corrected chi connectivity index (χ0v) is 20.6. The van der Waals surface area contributed by atoms with Crippen molar-refractivity contribution in [3.8, 4) is 28.7 Å². The summed E-state index contributed by atoms with van der Waals surface area (Å²) in [4.78, 5) is 14.3. The molecule has 36 heavy (non-hydrogen) atoms. The zero-order valence-electron chi connectivity index (χ0n) is 20.6. The van der Waals surface area contributed by atoms with Crippen molar-refractivity contribution < 1.29 is 4.74 Å². The van der Waals surface area contributed by atoms with Crippen LogP contribution >= 0.6 is 0 Å². The van der Waals surface area contributed by atoms with Crippen LogP contribution < -0.4 is 5.32 Å². The van der Waals surface area contributed by atoms with Crippen molar-refractivity contribution in [1.82, 2.24) is 29.9 Å². The van der Waals surface area contributed by atoms with Crippen LogP contribution in [0.25, 0.3) is 22.6 Å². The van der Waals surface area contributed by atoms with E-state index in [0.717, 1.165) is 23.4 Å². The highest BCUT2D eigenvalue weighted by Gasteiger charge is 2.19. The molecule has 9 nitrogen and oxygen atoms in total. The molecule has 1 aliphatic heterocycles. The number of nitrogens with one attached hydrogen (secondary N) is 1. The number of rotatable bonds is 6. The van der Waals surface area contributed by atoms with Crippen LogP contribution in [-0.2, 0) is 16.7 Å². The van der Waals surface area contributed by atoms with Crippen LogP contribution in [0.1, 0.15) is 44.1 Å². The summed E-state index contributed by atoms with van der Waals surface area (Å²) in [7, 11) is 0. The van der Waals surface area contributed by atoms with E-state index in [4.69, 9.17) is 19.7 Å². The van der Waals surface area contributed by atoms with Gasteiger partial charge in [-0.05, 0) is 36.8 Å². The van der Waals surface area contributed by atoms with Crippen molar-refractivity contribution in [2.24, 2.45) is 0 Å². The number of hydrogen-bond donors (Lipinski definition) is 1. The van der Waals surface area contributed by atoms with Gasteiger partial charge in [0.2, 0.25) is 5.95 Å². The van der Waals surface area contributed by atoms with Crippen LogP contribution in [0.4, 0.5) is 5.95 Å². The fourth-order valence-electron chi connectivity index (χ4n) is 4.01. The number of hydrogen-bond acceptors (Lipinski definition) is 8. The van der Waals surface area contributed by atoms with Crippen molar-refractivity contribution in [1.29, 1.82) is 5.26 Å². The number of pyridine rings is 1. The highest BCUT2D eigenvalue weighted by Crippen LogP contribution is 2.26. The van der Waals surface area contributed by atoms with Gasteiger partial charge in [-0.2, -0.15) is 5.26 Å². The van der Waals surface area contributed by atoms with Crippen molar-refractivity contribution >= 4 is 5.95 Å². The molecule has 4 aromatic rings. The van der Waals surface area contributed by atoms with Crippen LogP contribution in [-0.4, -0.2) is 49.2 Å². The van der Waals surface area contributed by atoms with Gasteiger partial charge in [0.15, 0.2) is 0 Å². The fourth-order valence-corrected chi connectivity index (χ4v) is 4.01. The number of nitriles is 1. The quantitative estimate of drug-likeness (QED) is 0.436. The molecule has 1 atom stereocenters. The van der Waals surface area contributed by atoms with E-state index in [1.807, 2.05) is 48.7 Å². The summed E-state index contributed by atoms with van der Waals surface area (Å²) in [6, 6.07) is 17.6. The second-order valence-corrected chi connectivity index (χ2v) is 9.93. The van der Waals surface area contributed by atoms with Gasteiger partial charge in [-0.15, -0.1) is 5.10 Å². The smallest absolute Gasteiger partial charge is 0.224 e. The van der Waals surface area contributed by atoms with E-state index in [9.17, 15) is 5.26 Å². The Balaban J connectivity index is 1.46. The number of nitrogens with zero attached hydrogens (tertiary/aromatic N) is 7. The maximum absolute atomic E-state index is 9.34. The summed E-state index contributed by atoms with van der Waals surface area (Å²) in [5.74, 6) is 0.495. The van der Waals surface area contributed by atoms with Gasteiger partial charge >= 0.3 is 0 Å². The second-order valence-electron chi connectivity index (χ2n) is 9.93. The summed E-state index contributed by atoms with van der Waals surface area (Å²) in [6.07, 6.45) is 2.76. The number of anilines is 1. The third-order valence-corrected chi connectivity index (χ3v) is 5.98. The standard InChI is InChI=1S/C27H28N8O/c1-27(2,3)25-9-5-8-20(29-25)15-35-16-24(33-34-35)23-13-22(19-7-4-6-18(12-19)14-28)31-26(32-23)30-21-10-11-36-17-21/h4-9,12-13,16,21H,10-11,15,17H2,1-3H3,(H,30,31,32)/t21-/m0/s1. The Morgan fingerprint density at radius 2 is 1.89 bits per heavy atom. The average Bonchev–Trinajstić information content (AvgIpc) is 3.56. The molecule has 0 radical (unpaired) electrons. The first kappa shape index (κ1) is 23.6. The molecule has 0 bridgehead atoms. The Morgan fingerprint density at radius 3 is 2.67 bits per heavy atom. The molecule has 0 spiro atoms. The molecule has 1 saturated heterocycles. The lowest BCUT2D eigenvalue weighted by molar-refractivity contribution is 0.195. The Labute approximate surface area is 210 Å². The summed E-state index contributed by atoms with van der Waals surface area (Å²) < 4.78 is 7.26. The van der Waals surface area contributed by atoms with E-state index in [-0.39, 0.29) is 11.5 Å². The van der Waals surface area contributed by atoms with E-state index in [1.54, 1.807) is 10.7 Å². The van der Waals surface area contributed by atoms with Crippen LogP contribution in [0.2, 0.25) is 0 Å². The van der Waals surface area contributed by atoms with Crippen molar-refractivity contribution in [2.75, 3.05) is 18.5 Å². The lowest BCUT2D eigenvalue weighted by Crippen LogP contribution is -2.20.